The summed E-state index contributed by atoms with van der Waals surface area (Å²) in [5.41, 5.74) is 0. The van der Waals surface area contributed by atoms with Gasteiger partial charge in [0, 0.05) is 12.3 Å². The minimum atomic E-state index is -1.30. The number of rotatable bonds is 10. The van der Waals surface area contributed by atoms with Crippen LogP contribution in [0.5, 0.6) is 0 Å². The van der Waals surface area contributed by atoms with Crippen molar-refractivity contribution in [3.8, 4) is 0 Å². The molecule has 142 valence electrons. The molecule has 0 amide bonds. The Kier molecular flexibility index (Phi) is 7.97. The molecule has 3 N–H and O–H groups in total. The van der Waals surface area contributed by atoms with Crippen LogP contribution in [0.25, 0.3) is 0 Å². The molecular formula is C20H32O5. The fourth-order valence-corrected chi connectivity index (χ4v) is 3.83. The first-order chi connectivity index (χ1) is 12.0. The van der Waals surface area contributed by atoms with Crippen LogP contribution in [0.15, 0.2) is 24.0 Å². The first-order valence-corrected chi connectivity index (χ1v) is 9.64. The zero-order chi connectivity index (χ0) is 18.2. The standard InChI is InChI=1S/C20H32O5/c1-2-3-4-6-15(21)11-9-14-10-12-19-17(14)13-16(25-19)7-5-8-18(22)20(23)24/h7,9,11,14-15,17-19,21-22H,2-6,8,10,12-13H2,1H3,(H,23,24)/t14-,15?,17+,18?,19-/m0/s1. The predicted octanol–water partition coefficient (Wildman–Crippen LogP) is 3.41. The smallest absolute Gasteiger partial charge is 0.332 e. The Labute approximate surface area is 150 Å². The van der Waals surface area contributed by atoms with Crippen LogP contribution in [-0.2, 0) is 9.53 Å². The first kappa shape index (κ1) is 20.0. The van der Waals surface area contributed by atoms with E-state index in [4.69, 9.17) is 9.84 Å². The van der Waals surface area contributed by atoms with Crippen molar-refractivity contribution >= 4 is 5.97 Å². The van der Waals surface area contributed by atoms with E-state index in [2.05, 4.69) is 13.0 Å². The molecule has 5 heteroatoms. The van der Waals surface area contributed by atoms with Crippen LogP contribution in [0.2, 0.25) is 0 Å². The molecule has 0 spiro atoms. The highest BCUT2D eigenvalue weighted by atomic mass is 16.5. The summed E-state index contributed by atoms with van der Waals surface area (Å²) >= 11 is 0. The minimum absolute atomic E-state index is 0.213. The average molecular weight is 352 g/mol. The molecule has 1 aliphatic heterocycles. The molecule has 2 fully saturated rings. The Morgan fingerprint density at radius 3 is 2.80 bits per heavy atom. The number of fused-ring (bicyclic) bond motifs is 1. The second-order valence-electron chi connectivity index (χ2n) is 7.32. The number of carboxylic acid groups (broad SMARTS) is 1. The minimum Gasteiger partial charge on any atom is -0.495 e. The van der Waals surface area contributed by atoms with Gasteiger partial charge in [-0.2, -0.15) is 0 Å². The van der Waals surface area contributed by atoms with Crippen LogP contribution in [0.4, 0.5) is 0 Å². The quantitative estimate of drug-likeness (QED) is 0.414. The van der Waals surface area contributed by atoms with Crippen molar-refractivity contribution in [2.75, 3.05) is 0 Å². The zero-order valence-electron chi connectivity index (χ0n) is 15.1. The molecular weight excluding hydrogens is 320 g/mol. The second kappa shape index (κ2) is 9.97. The monoisotopic (exact) mass is 352 g/mol. The maximum absolute atomic E-state index is 10.6. The van der Waals surface area contributed by atoms with Crippen LogP contribution in [0, 0.1) is 11.8 Å². The zero-order valence-corrected chi connectivity index (χ0v) is 15.1. The number of carboxylic acids is 1. The third-order valence-corrected chi connectivity index (χ3v) is 5.33. The molecule has 5 atom stereocenters. The van der Waals surface area contributed by atoms with Gasteiger partial charge in [-0.1, -0.05) is 38.3 Å². The Bertz CT molecular complexity index is 484. The predicted molar refractivity (Wildman–Crippen MR) is 96.0 cm³/mol. The fourth-order valence-electron chi connectivity index (χ4n) is 3.83. The van der Waals surface area contributed by atoms with Gasteiger partial charge in [-0.25, -0.2) is 4.79 Å². The summed E-state index contributed by atoms with van der Waals surface area (Å²) in [6.45, 7) is 2.16. The van der Waals surface area contributed by atoms with E-state index in [1.807, 2.05) is 12.2 Å². The molecule has 2 unspecified atom stereocenters. The Morgan fingerprint density at radius 1 is 1.28 bits per heavy atom. The van der Waals surface area contributed by atoms with Gasteiger partial charge in [0.1, 0.15) is 6.10 Å². The van der Waals surface area contributed by atoms with Gasteiger partial charge in [0.05, 0.1) is 11.9 Å². The Hall–Kier alpha value is -1.33. The lowest BCUT2D eigenvalue weighted by molar-refractivity contribution is -0.146. The van der Waals surface area contributed by atoms with Crippen molar-refractivity contribution in [3.63, 3.8) is 0 Å². The van der Waals surface area contributed by atoms with Gasteiger partial charge in [0.15, 0.2) is 6.10 Å². The summed E-state index contributed by atoms with van der Waals surface area (Å²) in [6.07, 6.45) is 12.6. The molecule has 0 aromatic heterocycles. The van der Waals surface area contributed by atoms with E-state index in [-0.39, 0.29) is 18.6 Å². The van der Waals surface area contributed by atoms with Gasteiger partial charge < -0.3 is 20.1 Å². The van der Waals surface area contributed by atoms with Crippen LogP contribution >= 0.6 is 0 Å². The van der Waals surface area contributed by atoms with E-state index in [1.165, 1.54) is 6.42 Å². The van der Waals surface area contributed by atoms with Gasteiger partial charge >= 0.3 is 5.97 Å². The molecule has 0 aromatic rings. The third-order valence-electron chi connectivity index (χ3n) is 5.33. The van der Waals surface area contributed by atoms with Gasteiger partial charge in [-0.15, -0.1) is 0 Å². The lowest BCUT2D eigenvalue weighted by atomic mass is 9.91. The molecule has 1 heterocycles. The second-order valence-corrected chi connectivity index (χ2v) is 7.32. The van der Waals surface area contributed by atoms with Crippen LogP contribution in [0.3, 0.4) is 0 Å². The maximum Gasteiger partial charge on any atom is 0.332 e. The number of allylic oxidation sites excluding steroid dienone is 3. The Balaban J connectivity index is 1.77. The number of aliphatic hydroxyl groups is 2. The highest BCUT2D eigenvalue weighted by Gasteiger charge is 2.41. The number of ether oxygens (including phenoxy) is 1. The highest BCUT2D eigenvalue weighted by Crippen LogP contribution is 2.45. The van der Waals surface area contributed by atoms with Crippen molar-refractivity contribution in [1.29, 1.82) is 0 Å². The van der Waals surface area contributed by atoms with Crippen molar-refractivity contribution < 1.29 is 24.9 Å². The van der Waals surface area contributed by atoms with Gasteiger partial charge in [-0.05, 0) is 44.1 Å². The molecule has 1 aliphatic carbocycles. The van der Waals surface area contributed by atoms with E-state index in [0.717, 1.165) is 44.3 Å². The summed E-state index contributed by atoms with van der Waals surface area (Å²) in [7, 11) is 0. The Morgan fingerprint density at radius 2 is 2.08 bits per heavy atom. The van der Waals surface area contributed by atoms with Crippen molar-refractivity contribution in [2.24, 2.45) is 11.8 Å². The summed E-state index contributed by atoms with van der Waals surface area (Å²) in [5.74, 6) is 0.649. The maximum atomic E-state index is 10.6. The summed E-state index contributed by atoms with van der Waals surface area (Å²) < 4.78 is 5.98. The van der Waals surface area contributed by atoms with Crippen molar-refractivity contribution in [3.05, 3.63) is 24.0 Å². The normalized spacial score (nSPS) is 29.7. The summed E-state index contributed by atoms with van der Waals surface area (Å²) in [5, 5.41) is 28.0. The molecule has 1 saturated carbocycles. The molecule has 0 aromatic carbocycles. The molecule has 1 saturated heterocycles. The number of hydrogen-bond acceptors (Lipinski definition) is 4. The van der Waals surface area contributed by atoms with Gasteiger partial charge in [0.25, 0.3) is 0 Å². The van der Waals surface area contributed by atoms with E-state index >= 15 is 0 Å². The number of carbonyl (C=O) groups is 1. The van der Waals surface area contributed by atoms with Gasteiger partial charge in [-0.3, -0.25) is 0 Å². The van der Waals surface area contributed by atoms with Crippen molar-refractivity contribution in [1.82, 2.24) is 0 Å². The number of aliphatic hydroxyl groups excluding tert-OH is 2. The van der Waals surface area contributed by atoms with E-state index in [9.17, 15) is 15.0 Å². The molecule has 5 nitrogen and oxygen atoms in total. The summed E-state index contributed by atoms with van der Waals surface area (Å²) in [4.78, 5) is 10.6. The number of aliphatic carboxylic acids is 1. The highest BCUT2D eigenvalue weighted by molar-refractivity contribution is 5.71. The molecule has 25 heavy (non-hydrogen) atoms. The topological polar surface area (TPSA) is 87.0 Å². The fraction of sp³-hybridized carbons (Fsp3) is 0.750. The first-order valence-electron chi connectivity index (χ1n) is 9.64. The van der Waals surface area contributed by atoms with Crippen molar-refractivity contribution in [2.45, 2.75) is 83.0 Å². The molecule has 2 rings (SSSR count). The SMILES string of the molecule is CCCCCC(O)C=C[C@H]1CC[C@@H]2OC(=CCCC(O)C(=O)O)C[C@@H]21. The van der Waals surface area contributed by atoms with Crippen LogP contribution in [0.1, 0.15) is 64.7 Å². The summed E-state index contributed by atoms with van der Waals surface area (Å²) in [6, 6.07) is 0. The molecule has 0 bridgehead atoms. The van der Waals surface area contributed by atoms with Crippen LogP contribution in [-0.4, -0.2) is 39.6 Å². The largest absolute Gasteiger partial charge is 0.495 e. The third kappa shape index (κ3) is 6.15. The van der Waals surface area contributed by atoms with E-state index in [0.29, 0.717) is 18.3 Å². The van der Waals surface area contributed by atoms with Gasteiger partial charge in [0.2, 0.25) is 0 Å². The number of unbranched alkanes of at least 4 members (excludes halogenated alkanes) is 2. The van der Waals surface area contributed by atoms with E-state index < -0.39 is 12.1 Å². The average Bonchev–Trinajstić information content (AvgIpc) is 3.13. The molecule has 0 radical (unpaired) electrons. The lowest BCUT2D eigenvalue weighted by Gasteiger charge is -2.13. The van der Waals surface area contributed by atoms with Crippen LogP contribution < -0.4 is 0 Å². The lowest BCUT2D eigenvalue weighted by Crippen LogP contribution is -2.18. The van der Waals surface area contributed by atoms with E-state index in [1.54, 1.807) is 0 Å². The molecule has 2 aliphatic rings. The number of hydrogen-bond donors (Lipinski definition) is 3.